The van der Waals surface area contributed by atoms with Crippen molar-refractivity contribution in [3.8, 4) is 11.5 Å². The third-order valence-corrected chi connectivity index (χ3v) is 3.58. The van der Waals surface area contributed by atoms with Crippen LogP contribution in [0.5, 0.6) is 11.5 Å². The molecule has 0 aromatic heterocycles. The average molecular weight is 337 g/mol. The van der Waals surface area contributed by atoms with Crippen molar-refractivity contribution in [3.63, 3.8) is 0 Å². The number of hydrogen-bond donors (Lipinski definition) is 2. The zero-order valence-corrected chi connectivity index (χ0v) is 13.1. The minimum absolute atomic E-state index is 0.00473. The molecular formula is C18H15N3O4. The molecule has 3 rings (SSSR count). The highest BCUT2D eigenvalue weighted by molar-refractivity contribution is 5.96. The number of hydrazone groups is 1. The molecule has 0 aliphatic rings. The van der Waals surface area contributed by atoms with Crippen LogP contribution in [-0.4, -0.2) is 23.0 Å². The molecule has 0 aliphatic heterocycles. The third-order valence-electron chi connectivity index (χ3n) is 3.58. The molecule has 0 amide bonds. The lowest BCUT2D eigenvalue weighted by Crippen LogP contribution is -2.14. The number of hydrogen-bond acceptors (Lipinski definition) is 6. The molecule has 0 saturated heterocycles. The van der Waals surface area contributed by atoms with Crippen molar-refractivity contribution < 1.29 is 14.8 Å². The summed E-state index contributed by atoms with van der Waals surface area (Å²) in [5.41, 5.74) is 3.29. The monoisotopic (exact) mass is 337 g/mol. The van der Waals surface area contributed by atoms with E-state index in [9.17, 15) is 15.2 Å². The van der Waals surface area contributed by atoms with Crippen molar-refractivity contribution in [2.45, 2.75) is 0 Å². The van der Waals surface area contributed by atoms with E-state index in [1.54, 1.807) is 6.07 Å². The Morgan fingerprint density at radius 2 is 1.88 bits per heavy atom. The molecule has 0 aliphatic carbocycles. The third kappa shape index (κ3) is 3.84. The number of benzene rings is 3. The van der Waals surface area contributed by atoms with Crippen molar-refractivity contribution in [1.29, 1.82) is 0 Å². The largest absolute Gasteiger partial charge is 0.507 e. The Labute approximate surface area is 143 Å². The summed E-state index contributed by atoms with van der Waals surface area (Å²) in [6.07, 6.45) is 1.50. The van der Waals surface area contributed by atoms with Gasteiger partial charge >= 0.3 is 0 Å². The van der Waals surface area contributed by atoms with Crippen LogP contribution in [-0.2, 0) is 0 Å². The summed E-state index contributed by atoms with van der Waals surface area (Å²) in [6, 6.07) is 17.0. The Balaban J connectivity index is 1.57. The lowest BCUT2D eigenvalue weighted by atomic mass is 10.1. The number of nitro groups is 1. The SMILES string of the molecule is O=[N+]([O-])c1ccc(OCN/N=C\c2ccc3ccccc3c2O)cc1. The molecule has 3 aromatic carbocycles. The molecule has 0 radical (unpaired) electrons. The van der Waals surface area contributed by atoms with Gasteiger partial charge in [0.05, 0.1) is 11.1 Å². The van der Waals surface area contributed by atoms with Gasteiger partial charge in [0.1, 0.15) is 11.5 Å². The molecule has 0 atom stereocenters. The van der Waals surface area contributed by atoms with E-state index in [4.69, 9.17) is 4.74 Å². The summed E-state index contributed by atoms with van der Waals surface area (Å²) in [6.45, 7) is 0.0860. The lowest BCUT2D eigenvalue weighted by Gasteiger charge is -2.06. The van der Waals surface area contributed by atoms with Gasteiger partial charge in [-0.15, -0.1) is 0 Å². The Bertz CT molecular complexity index is 923. The average Bonchev–Trinajstić information content (AvgIpc) is 2.64. The minimum Gasteiger partial charge on any atom is -0.507 e. The summed E-state index contributed by atoms with van der Waals surface area (Å²) < 4.78 is 5.37. The maximum Gasteiger partial charge on any atom is 0.269 e. The Kier molecular flexibility index (Phi) is 4.75. The highest BCUT2D eigenvalue weighted by atomic mass is 16.6. The van der Waals surface area contributed by atoms with Gasteiger partial charge in [0, 0.05) is 23.1 Å². The van der Waals surface area contributed by atoms with E-state index in [2.05, 4.69) is 10.5 Å². The van der Waals surface area contributed by atoms with Gasteiger partial charge in [0.15, 0.2) is 6.73 Å². The Morgan fingerprint density at radius 3 is 2.64 bits per heavy atom. The summed E-state index contributed by atoms with van der Waals surface area (Å²) >= 11 is 0. The Morgan fingerprint density at radius 1 is 1.12 bits per heavy atom. The van der Waals surface area contributed by atoms with Crippen molar-refractivity contribution in [1.82, 2.24) is 5.43 Å². The smallest absolute Gasteiger partial charge is 0.269 e. The maximum absolute atomic E-state index is 10.6. The number of phenols is 1. The summed E-state index contributed by atoms with van der Waals surface area (Å²) in [7, 11) is 0. The van der Waals surface area contributed by atoms with E-state index >= 15 is 0 Å². The van der Waals surface area contributed by atoms with Crippen LogP contribution in [0, 0.1) is 10.1 Å². The summed E-state index contributed by atoms with van der Waals surface area (Å²) in [4.78, 5) is 10.1. The zero-order valence-electron chi connectivity index (χ0n) is 13.1. The van der Waals surface area contributed by atoms with Gasteiger partial charge in [-0.2, -0.15) is 5.10 Å². The number of nitro benzene ring substituents is 1. The van der Waals surface area contributed by atoms with Crippen LogP contribution in [0.1, 0.15) is 5.56 Å². The minimum atomic E-state index is -0.470. The van der Waals surface area contributed by atoms with Crippen molar-refractivity contribution in [2.24, 2.45) is 5.10 Å². The second kappa shape index (κ2) is 7.31. The molecule has 126 valence electrons. The first-order chi connectivity index (χ1) is 12.1. The topological polar surface area (TPSA) is 97.0 Å². The number of phenolic OH excluding ortho intramolecular Hbond substituents is 1. The predicted molar refractivity (Wildman–Crippen MR) is 94.9 cm³/mol. The first-order valence-corrected chi connectivity index (χ1v) is 7.49. The van der Waals surface area contributed by atoms with Crippen molar-refractivity contribution >= 4 is 22.7 Å². The van der Waals surface area contributed by atoms with E-state index in [-0.39, 0.29) is 18.2 Å². The number of non-ortho nitro benzene ring substituents is 1. The standard InChI is InChI=1S/C18H15N3O4/c22-18-14(6-5-13-3-1-2-4-17(13)18)11-19-20-12-25-16-9-7-15(8-10-16)21(23)24/h1-11,20,22H,12H2/b19-11-. The van der Waals surface area contributed by atoms with E-state index in [0.29, 0.717) is 11.3 Å². The zero-order chi connectivity index (χ0) is 17.6. The predicted octanol–water partition coefficient (Wildman–Crippen LogP) is 3.41. The second-order valence-electron chi connectivity index (χ2n) is 5.18. The molecule has 2 N–H and O–H groups in total. The fourth-order valence-electron chi connectivity index (χ4n) is 2.31. The van der Waals surface area contributed by atoms with Crippen molar-refractivity contribution in [2.75, 3.05) is 6.73 Å². The lowest BCUT2D eigenvalue weighted by molar-refractivity contribution is -0.384. The van der Waals surface area contributed by atoms with E-state index < -0.39 is 4.92 Å². The van der Waals surface area contributed by atoms with Gasteiger partial charge in [-0.05, 0) is 23.6 Å². The van der Waals surface area contributed by atoms with Crippen LogP contribution < -0.4 is 10.2 Å². The van der Waals surface area contributed by atoms with Gasteiger partial charge in [0.25, 0.3) is 5.69 Å². The van der Waals surface area contributed by atoms with Gasteiger partial charge in [-0.3, -0.25) is 15.5 Å². The van der Waals surface area contributed by atoms with E-state index in [1.165, 1.54) is 30.5 Å². The molecular weight excluding hydrogens is 322 g/mol. The molecule has 0 fully saturated rings. The fourth-order valence-corrected chi connectivity index (χ4v) is 2.31. The molecule has 0 spiro atoms. The van der Waals surface area contributed by atoms with Gasteiger partial charge in [-0.25, -0.2) is 0 Å². The normalized spacial score (nSPS) is 10.9. The molecule has 25 heavy (non-hydrogen) atoms. The fraction of sp³-hybridized carbons (Fsp3) is 0.0556. The van der Waals surface area contributed by atoms with Gasteiger partial charge in [0.2, 0.25) is 0 Å². The molecule has 0 saturated carbocycles. The molecule has 0 unspecified atom stereocenters. The first-order valence-electron chi connectivity index (χ1n) is 7.49. The number of aromatic hydroxyl groups is 1. The number of ether oxygens (including phenoxy) is 1. The molecule has 7 nitrogen and oxygen atoms in total. The molecule has 0 bridgehead atoms. The maximum atomic E-state index is 10.6. The summed E-state index contributed by atoms with van der Waals surface area (Å²) in [5, 5.41) is 26.5. The number of nitrogens with zero attached hydrogens (tertiary/aromatic N) is 2. The van der Waals surface area contributed by atoms with Crippen LogP contribution >= 0.6 is 0 Å². The van der Waals surface area contributed by atoms with Crippen LogP contribution in [0.15, 0.2) is 65.8 Å². The van der Waals surface area contributed by atoms with Crippen LogP contribution in [0.3, 0.4) is 0 Å². The first kappa shape index (κ1) is 16.3. The quantitative estimate of drug-likeness (QED) is 0.236. The molecule has 0 heterocycles. The summed E-state index contributed by atoms with van der Waals surface area (Å²) in [5.74, 6) is 0.654. The van der Waals surface area contributed by atoms with Crippen LogP contribution in [0.4, 0.5) is 5.69 Å². The molecule has 7 heteroatoms. The van der Waals surface area contributed by atoms with Crippen LogP contribution in [0.2, 0.25) is 0 Å². The van der Waals surface area contributed by atoms with E-state index in [1.807, 2.05) is 30.3 Å². The van der Waals surface area contributed by atoms with Gasteiger partial charge < -0.3 is 9.84 Å². The van der Waals surface area contributed by atoms with Crippen molar-refractivity contribution in [3.05, 3.63) is 76.3 Å². The number of nitrogens with one attached hydrogen (secondary N) is 1. The number of fused-ring (bicyclic) bond motifs is 1. The van der Waals surface area contributed by atoms with Crippen LogP contribution in [0.25, 0.3) is 10.8 Å². The second-order valence-corrected chi connectivity index (χ2v) is 5.18. The van der Waals surface area contributed by atoms with Gasteiger partial charge in [-0.1, -0.05) is 30.3 Å². The molecule has 3 aromatic rings. The van der Waals surface area contributed by atoms with E-state index in [0.717, 1.165) is 10.8 Å². The Hall–Kier alpha value is -3.61. The highest BCUT2D eigenvalue weighted by Gasteiger charge is 2.05. The highest BCUT2D eigenvalue weighted by Crippen LogP contribution is 2.27. The number of rotatable bonds is 6.